The highest BCUT2D eigenvalue weighted by Crippen LogP contribution is 2.20. The molecule has 2 rings (SSSR count). The van der Waals surface area contributed by atoms with E-state index in [0.717, 1.165) is 29.2 Å². The molecule has 1 aliphatic heterocycles. The minimum Gasteiger partial charge on any atom is -0.391 e. The Bertz CT molecular complexity index is 325. The van der Waals surface area contributed by atoms with Crippen molar-refractivity contribution in [2.45, 2.75) is 19.4 Å². The first kappa shape index (κ1) is 9.86. The summed E-state index contributed by atoms with van der Waals surface area (Å²) in [5, 5.41) is 9.40. The first-order chi connectivity index (χ1) is 6.65. The normalized spacial score (nSPS) is 21.6. The van der Waals surface area contributed by atoms with Gasteiger partial charge in [-0.05, 0) is 29.3 Å². The third kappa shape index (κ3) is 2.04. The Kier molecular flexibility index (Phi) is 2.69. The summed E-state index contributed by atoms with van der Waals surface area (Å²) in [5.74, 6) is 1.64. The maximum absolute atomic E-state index is 9.40. The van der Waals surface area contributed by atoms with Gasteiger partial charge < -0.3 is 10.0 Å². The number of hydrogen-bond donors (Lipinski definition) is 1. The van der Waals surface area contributed by atoms with Gasteiger partial charge in [0.05, 0.1) is 6.10 Å². The molecule has 1 saturated heterocycles. The van der Waals surface area contributed by atoms with Crippen LogP contribution in [0.3, 0.4) is 0 Å². The quantitative estimate of drug-likeness (QED) is 0.767. The minimum atomic E-state index is -0.218. The number of aromatic nitrogens is 2. The lowest BCUT2D eigenvalue weighted by molar-refractivity contribution is 0.198. The molecule has 1 aliphatic rings. The number of rotatable bonds is 1. The van der Waals surface area contributed by atoms with Crippen LogP contribution in [0.5, 0.6) is 0 Å². The largest absolute Gasteiger partial charge is 0.391 e. The maximum Gasteiger partial charge on any atom is 0.133 e. The molecule has 0 spiro atoms. The fraction of sp³-hybridized carbons (Fsp3) is 0.556. The molecule has 1 aromatic rings. The topological polar surface area (TPSA) is 49.2 Å². The molecule has 0 aromatic carbocycles. The molecule has 5 heteroatoms. The maximum atomic E-state index is 9.40. The Labute approximate surface area is 91.1 Å². The molecule has 2 heterocycles. The van der Waals surface area contributed by atoms with E-state index in [1.807, 2.05) is 13.0 Å². The van der Waals surface area contributed by atoms with Gasteiger partial charge in [-0.3, -0.25) is 0 Å². The Balaban J connectivity index is 2.23. The number of halogens is 1. The van der Waals surface area contributed by atoms with Crippen LogP contribution in [0.15, 0.2) is 10.7 Å². The van der Waals surface area contributed by atoms with Crippen LogP contribution in [0.4, 0.5) is 5.82 Å². The van der Waals surface area contributed by atoms with Gasteiger partial charge in [0, 0.05) is 19.2 Å². The summed E-state index contributed by atoms with van der Waals surface area (Å²) < 4.78 is 0.793. The number of anilines is 1. The predicted octanol–water partition coefficient (Wildman–Crippen LogP) is 1.12. The van der Waals surface area contributed by atoms with Crippen molar-refractivity contribution >= 4 is 21.7 Å². The number of nitrogens with zero attached hydrogens (tertiary/aromatic N) is 3. The van der Waals surface area contributed by atoms with E-state index >= 15 is 0 Å². The van der Waals surface area contributed by atoms with Gasteiger partial charge in [-0.15, -0.1) is 0 Å². The smallest absolute Gasteiger partial charge is 0.133 e. The molecule has 1 fully saturated rings. The molecule has 14 heavy (non-hydrogen) atoms. The van der Waals surface area contributed by atoms with Crippen molar-refractivity contribution in [1.82, 2.24) is 9.97 Å². The van der Waals surface area contributed by atoms with E-state index in [4.69, 9.17) is 0 Å². The van der Waals surface area contributed by atoms with Crippen molar-refractivity contribution in [3.63, 3.8) is 0 Å². The summed E-state index contributed by atoms with van der Waals surface area (Å²) in [4.78, 5) is 10.5. The van der Waals surface area contributed by atoms with Crippen molar-refractivity contribution < 1.29 is 5.11 Å². The summed E-state index contributed by atoms with van der Waals surface area (Å²) in [6.07, 6.45) is 0.602. The molecular formula is C9H12BrN3O. The highest BCUT2D eigenvalue weighted by Gasteiger charge is 2.21. The zero-order valence-electron chi connectivity index (χ0n) is 7.94. The average Bonchev–Trinajstić information content (AvgIpc) is 2.50. The molecule has 1 aromatic heterocycles. The molecule has 0 aliphatic carbocycles. The molecule has 0 bridgehead atoms. The fourth-order valence-electron chi connectivity index (χ4n) is 1.63. The van der Waals surface area contributed by atoms with E-state index in [1.54, 1.807) is 0 Å². The van der Waals surface area contributed by atoms with Crippen molar-refractivity contribution in [3.05, 3.63) is 16.5 Å². The van der Waals surface area contributed by atoms with Crippen molar-refractivity contribution in [2.75, 3.05) is 18.0 Å². The number of aryl methyl sites for hydroxylation is 1. The van der Waals surface area contributed by atoms with E-state index < -0.39 is 0 Å². The van der Waals surface area contributed by atoms with Crippen LogP contribution in [0, 0.1) is 6.92 Å². The zero-order chi connectivity index (χ0) is 10.1. The molecule has 1 N–H and O–H groups in total. The lowest BCUT2D eigenvalue weighted by atomic mass is 10.3. The molecule has 1 atom stereocenters. The number of aliphatic hydroxyl groups is 1. The van der Waals surface area contributed by atoms with Crippen molar-refractivity contribution in [1.29, 1.82) is 0 Å². The predicted molar refractivity (Wildman–Crippen MR) is 57.3 cm³/mol. The van der Waals surface area contributed by atoms with Gasteiger partial charge in [-0.1, -0.05) is 0 Å². The third-order valence-electron chi connectivity index (χ3n) is 2.28. The first-order valence-corrected chi connectivity index (χ1v) is 5.38. The van der Waals surface area contributed by atoms with E-state index in [9.17, 15) is 5.11 Å². The zero-order valence-corrected chi connectivity index (χ0v) is 9.53. The Hall–Kier alpha value is -0.680. The minimum absolute atomic E-state index is 0.218. The summed E-state index contributed by atoms with van der Waals surface area (Å²) in [7, 11) is 0. The van der Waals surface area contributed by atoms with Gasteiger partial charge in [-0.25, -0.2) is 9.97 Å². The molecular weight excluding hydrogens is 246 g/mol. The molecule has 1 unspecified atom stereocenters. The van der Waals surface area contributed by atoms with Crippen LogP contribution in [0.25, 0.3) is 0 Å². The fourth-order valence-corrected chi connectivity index (χ4v) is 2.09. The summed E-state index contributed by atoms with van der Waals surface area (Å²) in [5.41, 5.74) is 0. The van der Waals surface area contributed by atoms with E-state index in [-0.39, 0.29) is 6.10 Å². The van der Waals surface area contributed by atoms with Crippen LogP contribution in [-0.4, -0.2) is 34.3 Å². The van der Waals surface area contributed by atoms with Gasteiger partial charge in [0.15, 0.2) is 0 Å². The van der Waals surface area contributed by atoms with Crippen LogP contribution in [0.2, 0.25) is 0 Å². The van der Waals surface area contributed by atoms with Gasteiger partial charge in [-0.2, -0.15) is 0 Å². The Morgan fingerprint density at radius 2 is 2.36 bits per heavy atom. The average molecular weight is 258 g/mol. The van der Waals surface area contributed by atoms with Crippen LogP contribution < -0.4 is 4.90 Å². The van der Waals surface area contributed by atoms with E-state index in [0.29, 0.717) is 6.54 Å². The lowest BCUT2D eigenvalue weighted by Crippen LogP contribution is -2.22. The monoisotopic (exact) mass is 257 g/mol. The highest BCUT2D eigenvalue weighted by molar-refractivity contribution is 9.10. The summed E-state index contributed by atoms with van der Waals surface area (Å²) in [6.45, 7) is 3.40. The lowest BCUT2D eigenvalue weighted by Gasteiger charge is -2.16. The number of aliphatic hydroxyl groups excluding tert-OH is 1. The number of hydrogen-bond acceptors (Lipinski definition) is 4. The van der Waals surface area contributed by atoms with Gasteiger partial charge in [0.2, 0.25) is 0 Å². The second kappa shape index (κ2) is 3.82. The molecule has 0 saturated carbocycles. The summed E-state index contributed by atoms with van der Waals surface area (Å²) >= 11 is 3.33. The summed E-state index contributed by atoms with van der Waals surface area (Å²) in [6, 6.07) is 1.88. The second-order valence-corrected chi connectivity index (χ2v) is 4.30. The standard InChI is InChI=1S/C9H12BrN3O/c1-6-11-8(10)4-9(12-6)13-3-2-7(14)5-13/h4,7,14H,2-3,5H2,1H3. The molecule has 0 radical (unpaired) electrons. The number of β-amino-alcohol motifs (C(OH)–C–C–N with tert-alkyl or cyclic N) is 1. The van der Waals surface area contributed by atoms with Crippen LogP contribution in [0.1, 0.15) is 12.2 Å². The molecule has 0 amide bonds. The van der Waals surface area contributed by atoms with Gasteiger partial charge >= 0.3 is 0 Å². The second-order valence-electron chi connectivity index (χ2n) is 3.48. The molecule has 76 valence electrons. The Morgan fingerprint density at radius 3 is 2.93 bits per heavy atom. The van der Waals surface area contributed by atoms with Gasteiger partial charge in [0.1, 0.15) is 16.2 Å². The van der Waals surface area contributed by atoms with Crippen molar-refractivity contribution in [3.8, 4) is 0 Å². The van der Waals surface area contributed by atoms with Crippen LogP contribution >= 0.6 is 15.9 Å². The molecule has 4 nitrogen and oxygen atoms in total. The van der Waals surface area contributed by atoms with Crippen molar-refractivity contribution in [2.24, 2.45) is 0 Å². The third-order valence-corrected chi connectivity index (χ3v) is 2.69. The van der Waals surface area contributed by atoms with Crippen LogP contribution in [-0.2, 0) is 0 Å². The SMILES string of the molecule is Cc1nc(Br)cc(N2CCC(O)C2)n1. The van der Waals surface area contributed by atoms with E-state index in [1.165, 1.54) is 0 Å². The Morgan fingerprint density at radius 1 is 1.57 bits per heavy atom. The first-order valence-electron chi connectivity index (χ1n) is 4.59. The van der Waals surface area contributed by atoms with E-state index in [2.05, 4.69) is 30.8 Å². The van der Waals surface area contributed by atoms with Gasteiger partial charge in [0.25, 0.3) is 0 Å². The highest BCUT2D eigenvalue weighted by atomic mass is 79.9.